The highest BCUT2D eigenvalue weighted by Crippen LogP contribution is 2.31. The van der Waals surface area contributed by atoms with E-state index in [1.807, 2.05) is 0 Å². The smallest absolute Gasteiger partial charge is 0.0823 e. The van der Waals surface area contributed by atoms with E-state index in [4.69, 9.17) is 4.74 Å². The van der Waals surface area contributed by atoms with Crippen molar-refractivity contribution in [2.24, 2.45) is 11.8 Å². The molecule has 1 N–H and O–H groups in total. The van der Waals surface area contributed by atoms with Crippen LogP contribution < -0.4 is 0 Å². The summed E-state index contributed by atoms with van der Waals surface area (Å²) in [7, 11) is 0. The molecule has 1 heterocycles. The lowest BCUT2D eigenvalue weighted by atomic mass is 9.93. The Kier molecular flexibility index (Phi) is 3.23. The predicted molar refractivity (Wildman–Crippen MR) is 51.5 cm³/mol. The normalized spacial score (nSPS) is 35.8. The molecule has 2 unspecified atom stereocenters. The Morgan fingerprint density at radius 3 is 2.46 bits per heavy atom. The van der Waals surface area contributed by atoms with Gasteiger partial charge in [0.1, 0.15) is 0 Å². The van der Waals surface area contributed by atoms with Gasteiger partial charge in [-0.3, -0.25) is 0 Å². The van der Waals surface area contributed by atoms with E-state index in [2.05, 4.69) is 0 Å². The van der Waals surface area contributed by atoms with Crippen molar-refractivity contribution in [2.45, 2.75) is 44.6 Å². The van der Waals surface area contributed by atoms with Gasteiger partial charge in [-0.25, -0.2) is 0 Å². The van der Waals surface area contributed by atoms with Gasteiger partial charge < -0.3 is 9.84 Å². The lowest BCUT2D eigenvalue weighted by Crippen LogP contribution is -2.18. The molecule has 2 aliphatic rings. The average molecular weight is 184 g/mol. The zero-order chi connectivity index (χ0) is 9.10. The molecule has 13 heavy (non-hydrogen) atoms. The maximum absolute atomic E-state index is 9.54. The van der Waals surface area contributed by atoms with E-state index in [1.165, 1.54) is 38.5 Å². The molecule has 2 atom stereocenters. The van der Waals surface area contributed by atoms with Crippen LogP contribution in [0, 0.1) is 11.8 Å². The van der Waals surface area contributed by atoms with Crippen LogP contribution in [0.3, 0.4) is 0 Å². The number of hydrogen-bond acceptors (Lipinski definition) is 2. The van der Waals surface area contributed by atoms with Crippen LogP contribution in [-0.4, -0.2) is 24.4 Å². The molecular formula is C11H20O2. The Labute approximate surface area is 80.3 Å². The van der Waals surface area contributed by atoms with E-state index in [0.29, 0.717) is 12.5 Å². The second kappa shape index (κ2) is 4.43. The lowest BCUT2D eigenvalue weighted by molar-refractivity contribution is 0.116. The van der Waals surface area contributed by atoms with Gasteiger partial charge in [0, 0.05) is 5.92 Å². The molecule has 0 aromatic carbocycles. The third kappa shape index (κ3) is 2.44. The minimum Gasteiger partial charge on any atom is -0.390 e. The van der Waals surface area contributed by atoms with Crippen molar-refractivity contribution in [1.29, 1.82) is 0 Å². The molecule has 0 spiro atoms. The predicted octanol–water partition coefficient (Wildman–Crippen LogP) is 1.96. The number of hydrogen-bond donors (Lipinski definition) is 1. The molecule has 1 aliphatic heterocycles. The zero-order valence-corrected chi connectivity index (χ0v) is 8.24. The number of aliphatic hydroxyl groups is 1. The van der Waals surface area contributed by atoms with Crippen molar-refractivity contribution in [3.63, 3.8) is 0 Å². The Balaban J connectivity index is 1.66. The zero-order valence-electron chi connectivity index (χ0n) is 8.24. The highest BCUT2D eigenvalue weighted by atomic mass is 16.5. The summed E-state index contributed by atoms with van der Waals surface area (Å²) in [5, 5.41) is 9.54. The largest absolute Gasteiger partial charge is 0.390 e. The van der Waals surface area contributed by atoms with Crippen molar-refractivity contribution in [1.82, 2.24) is 0 Å². The van der Waals surface area contributed by atoms with E-state index < -0.39 is 0 Å². The van der Waals surface area contributed by atoms with Crippen molar-refractivity contribution in [2.75, 3.05) is 13.2 Å². The summed E-state index contributed by atoms with van der Waals surface area (Å²) in [5.41, 5.74) is 0. The third-order valence-corrected chi connectivity index (χ3v) is 3.59. The van der Waals surface area contributed by atoms with Gasteiger partial charge in [0.15, 0.2) is 0 Å². The average Bonchev–Trinajstić information content (AvgIpc) is 2.72. The Hall–Kier alpha value is -0.0800. The summed E-state index contributed by atoms with van der Waals surface area (Å²) < 4.78 is 5.23. The first-order chi connectivity index (χ1) is 6.36. The molecule has 0 aromatic heterocycles. The maximum Gasteiger partial charge on any atom is 0.0823 e. The molecule has 2 nitrogen and oxygen atoms in total. The summed E-state index contributed by atoms with van der Waals surface area (Å²) in [6.45, 7) is 1.35. The molecular weight excluding hydrogens is 164 g/mol. The Morgan fingerprint density at radius 1 is 1.08 bits per heavy atom. The van der Waals surface area contributed by atoms with E-state index >= 15 is 0 Å². The molecule has 0 amide bonds. The van der Waals surface area contributed by atoms with Crippen LogP contribution in [-0.2, 0) is 4.74 Å². The van der Waals surface area contributed by atoms with Crippen LogP contribution in [0.1, 0.15) is 38.5 Å². The first kappa shape index (κ1) is 9.47. The molecule has 1 saturated carbocycles. The fourth-order valence-electron chi connectivity index (χ4n) is 2.61. The van der Waals surface area contributed by atoms with Gasteiger partial charge in [-0.1, -0.05) is 32.1 Å². The van der Waals surface area contributed by atoms with Crippen LogP contribution in [0.25, 0.3) is 0 Å². The van der Waals surface area contributed by atoms with Crippen molar-refractivity contribution in [3.8, 4) is 0 Å². The molecule has 0 radical (unpaired) electrons. The van der Waals surface area contributed by atoms with E-state index in [-0.39, 0.29) is 6.10 Å². The summed E-state index contributed by atoms with van der Waals surface area (Å²) >= 11 is 0. The summed E-state index contributed by atoms with van der Waals surface area (Å²) in [6.07, 6.45) is 7.99. The molecule has 0 bridgehead atoms. The lowest BCUT2D eigenvalue weighted by Gasteiger charge is -2.14. The van der Waals surface area contributed by atoms with Gasteiger partial charge in [-0.2, -0.15) is 0 Å². The molecule has 1 aliphatic carbocycles. The van der Waals surface area contributed by atoms with Crippen LogP contribution >= 0.6 is 0 Å². The molecule has 2 heteroatoms. The van der Waals surface area contributed by atoms with Gasteiger partial charge in [0.25, 0.3) is 0 Å². The number of rotatable bonds is 3. The Bertz CT molecular complexity index is 152. The topological polar surface area (TPSA) is 29.5 Å². The number of aliphatic hydroxyl groups excluding tert-OH is 1. The van der Waals surface area contributed by atoms with Gasteiger partial charge >= 0.3 is 0 Å². The van der Waals surface area contributed by atoms with Gasteiger partial charge in [-0.05, 0) is 12.3 Å². The van der Waals surface area contributed by atoms with Gasteiger partial charge in [-0.15, -0.1) is 0 Å². The monoisotopic (exact) mass is 184 g/mol. The second-order valence-electron chi connectivity index (χ2n) is 4.59. The van der Waals surface area contributed by atoms with Crippen molar-refractivity contribution < 1.29 is 9.84 Å². The van der Waals surface area contributed by atoms with Crippen LogP contribution in [0.5, 0.6) is 0 Å². The van der Waals surface area contributed by atoms with Crippen LogP contribution in [0.4, 0.5) is 0 Å². The molecule has 0 aromatic rings. The molecule has 2 fully saturated rings. The molecule has 1 saturated heterocycles. The van der Waals surface area contributed by atoms with Gasteiger partial charge in [0.2, 0.25) is 0 Å². The van der Waals surface area contributed by atoms with Crippen LogP contribution in [0.2, 0.25) is 0 Å². The highest BCUT2D eigenvalue weighted by molar-refractivity contribution is 4.76. The minimum absolute atomic E-state index is 0.179. The fraction of sp³-hybridized carbons (Fsp3) is 1.00. The maximum atomic E-state index is 9.54. The summed E-state index contributed by atoms with van der Waals surface area (Å²) in [6, 6.07) is 0. The summed E-state index contributed by atoms with van der Waals surface area (Å²) in [4.78, 5) is 0. The van der Waals surface area contributed by atoms with Crippen molar-refractivity contribution >= 4 is 0 Å². The van der Waals surface area contributed by atoms with Crippen molar-refractivity contribution in [3.05, 3.63) is 0 Å². The highest BCUT2D eigenvalue weighted by Gasteiger charge is 2.27. The SMILES string of the molecule is OC1COCC1CCC1CCCC1. The summed E-state index contributed by atoms with van der Waals surface area (Å²) in [5.74, 6) is 1.38. The fourth-order valence-corrected chi connectivity index (χ4v) is 2.61. The second-order valence-corrected chi connectivity index (χ2v) is 4.59. The molecule has 76 valence electrons. The minimum atomic E-state index is -0.179. The number of ether oxygens (including phenoxy) is 1. The molecule has 2 rings (SSSR count). The third-order valence-electron chi connectivity index (χ3n) is 3.59. The standard InChI is InChI=1S/C11H20O2/c12-11-8-13-7-10(11)6-5-9-3-1-2-4-9/h9-12H,1-8H2. The van der Waals surface area contributed by atoms with E-state index in [1.54, 1.807) is 0 Å². The Morgan fingerprint density at radius 2 is 1.85 bits per heavy atom. The first-order valence-corrected chi connectivity index (χ1v) is 5.62. The first-order valence-electron chi connectivity index (χ1n) is 5.62. The van der Waals surface area contributed by atoms with Crippen LogP contribution in [0.15, 0.2) is 0 Å². The van der Waals surface area contributed by atoms with E-state index in [9.17, 15) is 5.11 Å². The quantitative estimate of drug-likeness (QED) is 0.726. The van der Waals surface area contributed by atoms with Gasteiger partial charge in [0.05, 0.1) is 19.3 Å². The van der Waals surface area contributed by atoms with E-state index in [0.717, 1.165) is 12.5 Å².